The summed E-state index contributed by atoms with van der Waals surface area (Å²) in [6.45, 7) is 0.237. The van der Waals surface area contributed by atoms with Gasteiger partial charge < -0.3 is 25.7 Å². The maximum Gasteiger partial charge on any atom is 0.222 e. The normalized spacial score (nSPS) is 12.2. The largest absolute Gasteiger partial charge is 0.490 e. The second-order valence-corrected chi connectivity index (χ2v) is 5.54. The number of hydrogen-bond acceptors (Lipinski definition) is 7. The lowest BCUT2D eigenvalue weighted by Crippen LogP contribution is -2.16. The zero-order chi connectivity index (χ0) is 18.5. The van der Waals surface area contributed by atoms with Crippen LogP contribution in [0.5, 0.6) is 5.75 Å². The Morgan fingerprint density at radius 3 is 2.58 bits per heavy atom. The highest BCUT2D eigenvalue weighted by atomic mass is 19.1. The summed E-state index contributed by atoms with van der Waals surface area (Å²) in [7, 11) is 1.52. The minimum atomic E-state index is -0.457. The second-order valence-electron chi connectivity index (χ2n) is 5.54. The lowest BCUT2D eigenvalue weighted by Gasteiger charge is -2.19. The van der Waals surface area contributed by atoms with E-state index >= 15 is 0 Å². The maximum absolute atomic E-state index is 13.2. The van der Waals surface area contributed by atoms with E-state index in [0.29, 0.717) is 16.7 Å². The van der Waals surface area contributed by atoms with Crippen molar-refractivity contribution in [3.8, 4) is 5.75 Å². The molecule has 8 heteroatoms. The first-order valence-electron chi connectivity index (χ1n) is 7.89. The van der Waals surface area contributed by atoms with Crippen LogP contribution >= 0.6 is 0 Å². The number of methoxy groups -OCH3 is 1. The molecule has 1 atom stereocenters. The fourth-order valence-corrected chi connectivity index (χ4v) is 2.55. The van der Waals surface area contributed by atoms with Crippen molar-refractivity contribution in [2.24, 2.45) is 0 Å². The molecule has 136 valence electrons. The van der Waals surface area contributed by atoms with Gasteiger partial charge >= 0.3 is 0 Å². The molecule has 0 saturated heterocycles. The summed E-state index contributed by atoms with van der Waals surface area (Å²) in [5, 5.41) is 0.575. The molecule has 2 aromatic carbocycles. The number of nitrogens with two attached hydrogens (primary N) is 2. The summed E-state index contributed by atoms with van der Waals surface area (Å²) >= 11 is 0. The van der Waals surface area contributed by atoms with E-state index in [4.69, 9.17) is 25.7 Å². The number of aromatic nitrogens is 2. The SMILES string of the molecule is COCOC(COc1cccc2nc(N)nc(N)c12)c1ccc(F)cc1. The number of ether oxygens (including phenoxy) is 3. The first-order valence-corrected chi connectivity index (χ1v) is 7.89. The number of benzene rings is 2. The van der Waals surface area contributed by atoms with Crippen LogP contribution in [-0.2, 0) is 9.47 Å². The molecule has 3 rings (SSSR count). The maximum atomic E-state index is 13.2. The van der Waals surface area contributed by atoms with Gasteiger partial charge in [-0.1, -0.05) is 18.2 Å². The van der Waals surface area contributed by atoms with Gasteiger partial charge in [0.1, 0.15) is 36.9 Å². The van der Waals surface area contributed by atoms with Crippen molar-refractivity contribution in [3.05, 3.63) is 53.8 Å². The van der Waals surface area contributed by atoms with E-state index < -0.39 is 6.10 Å². The van der Waals surface area contributed by atoms with Crippen molar-refractivity contribution >= 4 is 22.7 Å². The zero-order valence-corrected chi connectivity index (χ0v) is 14.2. The van der Waals surface area contributed by atoms with Gasteiger partial charge in [-0.05, 0) is 29.8 Å². The minimum absolute atomic E-state index is 0.0721. The lowest BCUT2D eigenvalue weighted by molar-refractivity contribution is -0.0855. The predicted molar refractivity (Wildman–Crippen MR) is 96.0 cm³/mol. The molecule has 0 aliphatic carbocycles. The van der Waals surface area contributed by atoms with Gasteiger partial charge in [0.2, 0.25) is 5.95 Å². The van der Waals surface area contributed by atoms with Gasteiger partial charge in [-0.2, -0.15) is 4.98 Å². The Hall–Kier alpha value is -2.97. The van der Waals surface area contributed by atoms with E-state index in [9.17, 15) is 4.39 Å². The Balaban J connectivity index is 1.85. The number of fused-ring (bicyclic) bond motifs is 1. The van der Waals surface area contributed by atoms with Crippen LogP contribution in [0.4, 0.5) is 16.2 Å². The Bertz CT molecular complexity index is 889. The van der Waals surface area contributed by atoms with Crippen LogP contribution in [0.15, 0.2) is 42.5 Å². The molecular weight excluding hydrogens is 339 g/mol. The van der Waals surface area contributed by atoms with Crippen LogP contribution in [0.2, 0.25) is 0 Å². The molecular formula is C18H19FN4O3. The summed E-state index contributed by atoms with van der Waals surface area (Å²) < 4.78 is 29.7. The molecule has 1 unspecified atom stereocenters. The van der Waals surface area contributed by atoms with Gasteiger partial charge in [0, 0.05) is 7.11 Å². The number of rotatable bonds is 7. The van der Waals surface area contributed by atoms with Crippen LogP contribution in [0.3, 0.4) is 0 Å². The molecule has 1 heterocycles. The van der Waals surface area contributed by atoms with Crippen molar-refractivity contribution in [1.82, 2.24) is 9.97 Å². The third-order valence-corrected chi connectivity index (χ3v) is 3.75. The van der Waals surface area contributed by atoms with E-state index in [-0.39, 0.29) is 31.0 Å². The minimum Gasteiger partial charge on any atom is -0.490 e. The Labute approximate surface area is 149 Å². The van der Waals surface area contributed by atoms with Gasteiger partial charge in [-0.3, -0.25) is 0 Å². The van der Waals surface area contributed by atoms with Crippen molar-refractivity contribution in [1.29, 1.82) is 0 Å². The summed E-state index contributed by atoms with van der Waals surface area (Å²) in [5.74, 6) is 0.517. The first kappa shape index (κ1) is 17.8. The van der Waals surface area contributed by atoms with Crippen LogP contribution in [0.1, 0.15) is 11.7 Å². The Kier molecular flexibility index (Phi) is 5.45. The molecule has 26 heavy (non-hydrogen) atoms. The second kappa shape index (κ2) is 7.94. The molecule has 3 aromatic rings. The average Bonchev–Trinajstić information content (AvgIpc) is 2.62. The standard InChI is InChI=1S/C18H19FN4O3/c1-24-10-26-15(11-5-7-12(19)8-6-11)9-25-14-4-2-3-13-16(14)17(20)23-18(21)22-13/h2-8,15H,9-10H2,1H3,(H4,20,21,22,23). The van der Waals surface area contributed by atoms with Crippen molar-refractivity contribution in [2.75, 3.05) is 32.0 Å². The molecule has 0 amide bonds. The Morgan fingerprint density at radius 2 is 1.85 bits per heavy atom. The fraction of sp³-hybridized carbons (Fsp3) is 0.222. The van der Waals surface area contributed by atoms with Gasteiger partial charge in [0.05, 0.1) is 10.9 Å². The lowest BCUT2D eigenvalue weighted by atomic mass is 10.1. The van der Waals surface area contributed by atoms with E-state index in [2.05, 4.69) is 9.97 Å². The van der Waals surface area contributed by atoms with Gasteiger partial charge in [-0.15, -0.1) is 0 Å². The predicted octanol–water partition coefficient (Wildman–Crippen LogP) is 2.67. The van der Waals surface area contributed by atoms with Crippen LogP contribution < -0.4 is 16.2 Å². The van der Waals surface area contributed by atoms with Crippen molar-refractivity contribution < 1.29 is 18.6 Å². The monoisotopic (exact) mass is 358 g/mol. The van der Waals surface area contributed by atoms with E-state index in [1.165, 1.54) is 19.2 Å². The van der Waals surface area contributed by atoms with Gasteiger partial charge in [0.15, 0.2) is 0 Å². The number of hydrogen-bond donors (Lipinski definition) is 2. The third kappa shape index (κ3) is 3.98. The molecule has 0 aliphatic rings. The molecule has 0 bridgehead atoms. The highest BCUT2D eigenvalue weighted by molar-refractivity contribution is 5.94. The summed E-state index contributed by atoms with van der Waals surface area (Å²) in [4.78, 5) is 8.13. The fourth-order valence-electron chi connectivity index (χ4n) is 2.55. The smallest absolute Gasteiger partial charge is 0.222 e. The number of nitrogens with zero attached hydrogens (tertiary/aromatic N) is 2. The van der Waals surface area contributed by atoms with Crippen molar-refractivity contribution in [2.45, 2.75) is 6.10 Å². The topological polar surface area (TPSA) is 106 Å². The third-order valence-electron chi connectivity index (χ3n) is 3.75. The summed E-state index contributed by atoms with van der Waals surface area (Å²) in [5.41, 5.74) is 12.9. The molecule has 0 fully saturated rings. The Morgan fingerprint density at radius 1 is 1.08 bits per heavy atom. The van der Waals surface area contributed by atoms with E-state index in [1.807, 2.05) is 0 Å². The van der Waals surface area contributed by atoms with E-state index in [1.54, 1.807) is 30.3 Å². The molecule has 7 nitrogen and oxygen atoms in total. The highest BCUT2D eigenvalue weighted by Crippen LogP contribution is 2.30. The van der Waals surface area contributed by atoms with Crippen molar-refractivity contribution in [3.63, 3.8) is 0 Å². The molecule has 0 aliphatic heterocycles. The highest BCUT2D eigenvalue weighted by Gasteiger charge is 2.16. The summed E-state index contributed by atoms with van der Waals surface area (Å²) in [6.07, 6.45) is -0.457. The molecule has 1 aromatic heterocycles. The molecule has 0 spiro atoms. The molecule has 4 N–H and O–H groups in total. The first-order chi connectivity index (χ1) is 12.6. The quantitative estimate of drug-likeness (QED) is 0.626. The zero-order valence-electron chi connectivity index (χ0n) is 14.2. The summed E-state index contributed by atoms with van der Waals surface area (Å²) in [6, 6.07) is 11.3. The van der Waals surface area contributed by atoms with Crippen LogP contribution in [-0.4, -0.2) is 30.5 Å². The average molecular weight is 358 g/mol. The van der Waals surface area contributed by atoms with Gasteiger partial charge in [-0.25, -0.2) is 9.37 Å². The number of halogens is 1. The van der Waals surface area contributed by atoms with E-state index in [0.717, 1.165) is 5.56 Å². The molecule has 0 radical (unpaired) electrons. The molecule has 0 saturated carbocycles. The van der Waals surface area contributed by atoms with Crippen LogP contribution in [0, 0.1) is 5.82 Å². The van der Waals surface area contributed by atoms with Crippen LogP contribution in [0.25, 0.3) is 10.9 Å². The number of anilines is 2. The van der Waals surface area contributed by atoms with Gasteiger partial charge in [0.25, 0.3) is 0 Å². The number of nitrogen functional groups attached to an aromatic ring is 2.